The number of carbonyl (C=O) groups excluding carboxylic acids is 5. The highest BCUT2D eigenvalue weighted by atomic mass is 16.6. The Morgan fingerprint density at radius 3 is 2.22 bits per heavy atom. The molecule has 10 nitrogen and oxygen atoms in total. The van der Waals surface area contributed by atoms with Crippen molar-refractivity contribution in [2.24, 2.45) is 29.1 Å². The van der Waals surface area contributed by atoms with Gasteiger partial charge in [0.2, 0.25) is 17.6 Å². The average Bonchev–Trinajstić information content (AvgIpc) is 3.58. The number of likely N-dealkylation sites (tertiary alicyclic amines) is 1. The highest BCUT2D eigenvalue weighted by Crippen LogP contribution is 2.40. The van der Waals surface area contributed by atoms with Crippen molar-refractivity contribution in [2.75, 3.05) is 13.6 Å². The minimum Gasteiger partial charge on any atom is -0.446 e. The SMILES string of the molecule is CNC(=O)C(=O)C(CC1CC1)NC(=O)[C@@H]1CC(C)(C)C(C)CN1C(=O)[C@@H](NC(=O)O[C@H]1CCC[C@@H]1C)C1Cc2ccccc2C1. The molecule has 1 aliphatic heterocycles. The van der Waals surface area contributed by atoms with Gasteiger partial charge in [-0.1, -0.05) is 64.8 Å². The lowest BCUT2D eigenvalue weighted by Gasteiger charge is -2.48. The van der Waals surface area contributed by atoms with E-state index in [2.05, 4.69) is 55.8 Å². The number of hydrogen-bond donors (Lipinski definition) is 3. The van der Waals surface area contributed by atoms with Crippen molar-refractivity contribution < 1.29 is 28.7 Å². The molecule has 2 unspecified atom stereocenters. The van der Waals surface area contributed by atoms with Gasteiger partial charge in [-0.25, -0.2) is 4.79 Å². The molecular formula is C35H50N4O6. The molecule has 3 aliphatic carbocycles. The molecule has 4 amide bonds. The number of alkyl carbamates (subject to hydrolysis) is 1. The lowest BCUT2D eigenvalue weighted by Crippen LogP contribution is -2.64. The van der Waals surface area contributed by atoms with E-state index in [1.165, 1.54) is 7.05 Å². The normalized spacial score (nSPS) is 27.2. The first kappa shape index (κ1) is 32.9. The van der Waals surface area contributed by atoms with Crippen molar-refractivity contribution in [1.82, 2.24) is 20.9 Å². The molecule has 5 rings (SSSR count). The number of ether oxygens (including phenoxy) is 1. The number of Topliss-reactive ketones (excluding diaryl/α,β-unsaturated/α-hetero) is 1. The van der Waals surface area contributed by atoms with Crippen LogP contribution in [0.1, 0.15) is 83.8 Å². The maximum Gasteiger partial charge on any atom is 0.408 e. The predicted molar refractivity (Wildman–Crippen MR) is 169 cm³/mol. The fourth-order valence-electron chi connectivity index (χ4n) is 7.40. The van der Waals surface area contributed by atoms with Gasteiger partial charge in [-0.3, -0.25) is 19.2 Å². The largest absolute Gasteiger partial charge is 0.446 e. The third-order valence-electron chi connectivity index (χ3n) is 11.0. The fourth-order valence-corrected chi connectivity index (χ4v) is 7.40. The second-order valence-electron chi connectivity index (χ2n) is 14.7. The van der Waals surface area contributed by atoms with E-state index in [0.717, 1.165) is 43.2 Å². The molecule has 2 saturated carbocycles. The lowest BCUT2D eigenvalue weighted by molar-refractivity contribution is -0.150. The zero-order valence-electron chi connectivity index (χ0n) is 27.4. The van der Waals surface area contributed by atoms with Crippen LogP contribution in [0, 0.1) is 29.1 Å². The third-order valence-corrected chi connectivity index (χ3v) is 11.0. The summed E-state index contributed by atoms with van der Waals surface area (Å²) in [4.78, 5) is 68.9. The molecule has 10 heteroatoms. The van der Waals surface area contributed by atoms with E-state index in [-0.39, 0.29) is 41.1 Å². The van der Waals surface area contributed by atoms with Gasteiger partial charge >= 0.3 is 6.09 Å². The van der Waals surface area contributed by atoms with Crippen LogP contribution >= 0.6 is 0 Å². The van der Waals surface area contributed by atoms with Crippen LogP contribution in [0.3, 0.4) is 0 Å². The zero-order chi connectivity index (χ0) is 32.5. The molecule has 3 N–H and O–H groups in total. The summed E-state index contributed by atoms with van der Waals surface area (Å²) in [6, 6.07) is 5.37. The van der Waals surface area contributed by atoms with E-state index in [1.54, 1.807) is 4.90 Å². The maximum atomic E-state index is 14.7. The second kappa shape index (κ2) is 13.5. The van der Waals surface area contributed by atoms with E-state index in [0.29, 0.717) is 32.2 Å². The van der Waals surface area contributed by atoms with E-state index >= 15 is 0 Å². The molecule has 6 atom stereocenters. The van der Waals surface area contributed by atoms with Crippen molar-refractivity contribution in [1.29, 1.82) is 0 Å². The fraction of sp³-hybridized carbons (Fsp3) is 0.686. The molecule has 3 fully saturated rings. The van der Waals surface area contributed by atoms with Gasteiger partial charge in [0, 0.05) is 13.6 Å². The molecular weight excluding hydrogens is 572 g/mol. The minimum absolute atomic E-state index is 0.0768. The number of benzene rings is 1. The maximum absolute atomic E-state index is 14.7. The molecule has 1 saturated heterocycles. The smallest absolute Gasteiger partial charge is 0.408 e. The quantitative estimate of drug-likeness (QED) is 0.342. The van der Waals surface area contributed by atoms with Gasteiger partial charge in [0.15, 0.2) is 0 Å². The standard InChI is InChI=1S/C35H50N4O6/c1-20-9-8-12-28(20)45-34(44)38-29(25-16-23-10-6-7-11-24(23)17-25)33(43)39-19-21(2)35(3,4)18-27(39)31(41)37-26(15-22-13-14-22)30(40)32(42)36-5/h6-7,10-11,20-22,25-29H,8-9,12-19H2,1-5H3,(H,36,42)(H,37,41)(H,38,44)/t20-,21?,26?,27-,28-,29-/m0/s1. The Kier molecular flexibility index (Phi) is 9.89. The first-order valence-electron chi connectivity index (χ1n) is 16.8. The van der Waals surface area contributed by atoms with Crippen molar-refractivity contribution in [3.8, 4) is 0 Å². The second-order valence-corrected chi connectivity index (χ2v) is 14.7. The van der Waals surface area contributed by atoms with Gasteiger partial charge in [-0.2, -0.15) is 0 Å². The summed E-state index contributed by atoms with van der Waals surface area (Å²) in [6.45, 7) is 8.64. The number of rotatable bonds is 10. The highest BCUT2D eigenvalue weighted by Gasteiger charge is 2.48. The summed E-state index contributed by atoms with van der Waals surface area (Å²) >= 11 is 0. The Morgan fingerprint density at radius 1 is 0.978 bits per heavy atom. The zero-order valence-corrected chi connectivity index (χ0v) is 27.4. The number of carbonyl (C=O) groups is 5. The van der Waals surface area contributed by atoms with Gasteiger partial charge in [0.1, 0.15) is 18.2 Å². The molecule has 1 aromatic carbocycles. The van der Waals surface area contributed by atoms with Crippen LogP contribution in [0.25, 0.3) is 0 Å². The number of hydrogen-bond acceptors (Lipinski definition) is 6. The molecule has 0 spiro atoms. The van der Waals surface area contributed by atoms with E-state index < -0.39 is 41.8 Å². The van der Waals surface area contributed by atoms with E-state index in [9.17, 15) is 24.0 Å². The summed E-state index contributed by atoms with van der Waals surface area (Å²) in [5, 5.41) is 8.21. The monoisotopic (exact) mass is 622 g/mol. The summed E-state index contributed by atoms with van der Waals surface area (Å²) in [7, 11) is 1.40. The van der Waals surface area contributed by atoms with Gasteiger partial charge in [-0.15, -0.1) is 0 Å². The Hall–Kier alpha value is -3.43. The molecule has 0 aromatic heterocycles. The van der Waals surface area contributed by atoms with Crippen LogP contribution in [-0.4, -0.2) is 72.3 Å². The topological polar surface area (TPSA) is 134 Å². The van der Waals surface area contributed by atoms with Crippen molar-refractivity contribution in [3.63, 3.8) is 0 Å². The lowest BCUT2D eigenvalue weighted by atomic mass is 9.71. The van der Waals surface area contributed by atoms with Crippen molar-refractivity contribution in [3.05, 3.63) is 35.4 Å². The molecule has 0 bridgehead atoms. The first-order chi connectivity index (χ1) is 21.4. The number of fused-ring (bicyclic) bond motifs is 1. The Labute approximate surface area is 266 Å². The molecule has 0 radical (unpaired) electrons. The van der Waals surface area contributed by atoms with Crippen LogP contribution < -0.4 is 16.0 Å². The summed E-state index contributed by atoms with van der Waals surface area (Å²) in [5.74, 6) is -1.75. The van der Waals surface area contributed by atoms with Crippen LogP contribution in [-0.2, 0) is 36.8 Å². The van der Waals surface area contributed by atoms with Crippen LogP contribution in [0.5, 0.6) is 0 Å². The van der Waals surface area contributed by atoms with E-state index in [1.807, 2.05) is 12.1 Å². The summed E-state index contributed by atoms with van der Waals surface area (Å²) < 4.78 is 5.84. The van der Waals surface area contributed by atoms with Gasteiger partial charge in [0.25, 0.3) is 5.91 Å². The van der Waals surface area contributed by atoms with Crippen molar-refractivity contribution >= 4 is 29.6 Å². The van der Waals surface area contributed by atoms with E-state index in [4.69, 9.17) is 4.74 Å². The van der Waals surface area contributed by atoms with Crippen LogP contribution in [0.15, 0.2) is 24.3 Å². The Morgan fingerprint density at radius 2 is 1.64 bits per heavy atom. The average molecular weight is 623 g/mol. The number of nitrogens with one attached hydrogen (secondary N) is 3. The van der Waals surface area contributed by atoms with Crippen molar-refractivity contribution in [2.45, 2.75) is 110 Å². The molecule has 1 heterocycles. The highest BCUT2D eigenvalue weighted by molar-refractivity contribution is 6.38. The van der Waals surface area contributed by atoms with Crippen LogP contribution in [0.4, 0.5) is 4.79 Å². The van der Waals surface area contributed by atoms with Gasteiger partial charge < -0.3 is 25.6 Å². The molecule has 4 aliphatic rings. The number of amides is 4. The molecule has 1 aromatic rings. The third kappa shape index (κ3) is 7.52. The van der Waals surface area contributed by atoms with Gasteiger partial charge in [-0.05, 0) is 85.2 Å². The Balaban J connectivity index is 1.40. The number of piperidine rings is 1. The molecule has 45 heavy (non-hydrogen) atoms. The Bertz CT molecular complexity index is 1280. The summed E-state index contributed by atoms with van der Waals surface area (Å²) in [5.41, 5.74) is 2.04. The number of nitrogens with zero attached hydrogens (tertiary/aromatic N) is 1. The van der Waals surface area contributed by atoms with Gasteiger partial charge in [0.05, 0.1) is 6.04 Å². The number of likely N-dealkylation sites (N-methyl/N-ethyl adjacent to an activating group) is 1. The minimum atomic E-state index is -0.953. The van der Waals surface area contributed by atoms with Crippen LogP contribution in [0.2, 0.25) is 0 Å². The number of ketones is 1. The molecule has 246 valence electrons. The predicted octanol–water partition coefficient (Wildman–Crippen LogP) is 3.55. The summed E-state index contributed by atoms with van der Waals surface area (Å²) in [6.07, 6.45) is 5.98. The first-order valence-corrected chi connectivity index (χ1v) is 16.8.